The maximum Gasteiger partial charge on any atom is 0.364 e. The molecule has 0 aliphatic heterocycles. The quantitative estimate of drug-likeness (QED) is 0.238. The van der Waals surface area contributed by atoms with E-state index < -0.39 is 11.8 Å². The summed E-state index contributed by atoms with van der Waals surface area (Å²) in [5.41, 5.74) is 0. The van der Waals surface area contributed by atoms with Gasteiger partial charge in [0.05, 0.1) is 0 Å². The van der Waals surface area contributed by atoms with Crippen LogP contribution in [0.15, 0.2) is 12.2 Å². The second kappa shape index (κ2) is 13.8. The van der Waals surface area contributed by atoms with Gasteiger partial charge in [-0.05, 0) is 32.1 Å². The first kappa shape index (κ1) is 21.1. The molecule has 0 aliphatic carbocycles. The molecule has 0 saturated heterocycles. The van der Waals surface area contributed by atoms with Gasteiger partial charge in [0.25, 0.3) is 5.79 Å². The molecule has 0 radical (unpaired) electrons. The lowest BCUT2D eigenvalue weighted by Gasteiger charge is -2.15. The molecule has 3 N–H and O–H groups in total. The van der Waals surface area contributed by atoms with Crippen LogP contribution in [0.2, 0.25) is 0 Å². The molecule has 0 spiro atoms. The highest BCUT2D eigenvalue weighted by Gasteiger charge is 2.31. The highest BCUT2D eigenvalue weighted by molar-refractivity contribution is 5.74. The lowest BCUT2D eigenvalue weighted by Crippen LogP contribution is -2.37. The van der Waals surface area contributed by atoms with Crippen molar-refractivity contribution in [1.29, 1.82) is 0 Å². The van der Waals surface area contributed by atoms with Gasteiger partial charge < -0.3 is 15.3 Å². The number of aliphatic carboxylic acids is 1. The first-order chi connectivity index (χ1) is 10.5. The molecular formula is C18H34O4. The zero-order valence-electron chi connectivity index (χ0n) is 14.1. The van der Waals surface area contributed by atoms with Crippen LogP contribution in [0, 0.1) is 0 Å². The predicted molar refractivity (Wildman–Crippen MR) is 89.6 cm³/mol. The van der Waals surface area contributed by atoms with Crippen molar-refractivity contribution in [2.75, 3.05) is 0 Å². The summed E-state index contributed by atoms with van der Waals surface area (Å²) in [5.74, 6) is -4.13. The smallest absolute Gasteiger partial charge is 0.364 e. The Kier molecular flexibility index (Phi) is 13.2. The second-order valence-corrected chi connectivity index (χ2v) is 6.10. The van der Waals surface area contributed by atoms with Crippen LogP contribution < -0.4 is 0 Å². The van der Waals surface area contributed by atoms with Crippen molar-refractivity contribution in [3.63, 3.8) is 0 Å². The number of aliphatic hydroxyl groups is 2. The molecule has 0 aromatic heterocycles. The Morgan fingerprint density at radius 2 is 1.27 bits per heavy atom. The number of hydrogen-bond acceptors (Lipinski definition) is 3. The topological polar surface area (TPSA) is 77.8 Å². The van der Waals surface area contributed by atoms with Crippen LogP contribution in [0.5, 0.6) is 0 Å². The molecular weight excluding hydrogens is 280 g/mol. The maximum absolute atomic E-state index is 10.5. The summed E-state index contributed by atoms with van der Waals surface area (Å²) in [4.78, 5) is 10.5. The Morgan fingerprint density at radius 3 is 1.77 bits per heavy atom. The molecule has 0 unspecified atom stereocenters. The van der Waals surface area contributed by atoms with E-state index in [4.69, 9.17) is 15.3 Å². The number of carbonyl (C=O) groups is 1. The van der Waals surface area contributed by atoms with Crippen molar-refractivity contribution in [2.45, 2.75) is 96.2 Å². The van der Waals surface area contributed by atoms with Gasteiger partial charge in [0, 0.05) is 6.42 Å². The van der Waals surface area contributed by atoms with Gasteiger partial charge in [-0.1, -0.05) is 64.0 Å². The fourth-order valence-electron chi connectivity index (χ4n) is 2.37. The first-order valence-electron chi connectivity index (χ1n) is 8.84. The van der Waals surface area contributed by atoms with Crippen LogP contribution >= 0.6 is 0 Å². The van der Waals surface area contributed by atoms with Crippen LogP contribution in [0.4, 0.5) is 0 Å². The molecule has 0 fully saturated rings. The van der Waals surface area contributed by atoms with Crippen LogP contribution in [-0.4, -0.2) is 27.1 Å². The van der Waals surface area contributed by atoms with Gasteiger partial charge >= 0.3 is 5.97 Å². The van der Waals surface area contributed by atoms with Gasteiger partial charge in [0.15, 0.2) is 0 Å². The summed E-state index contributed by atoms with van der Waals surface area (Å²) in [7, 11) is 0. The first-order valence-corrected chi connectivity index (χ1v) is 8.84. The van der Waals surface area contributed by atoms with Crippen molar-refractivity contribution in [3.05, 3.63) is 12.2 Å². The van der Waals surface area contributed by atoms with Gasteiger partial charge in [-0.25, -0.2) is 4.79 Å². The summed E-state index contributed by atoms with van der Waals surface area (Å²) in [6.07, 6.45) is 18.1. The van der Waals surface area contributed by atoms with Gasteiger partial charge in [-0.3, -0.25) is 0 Å². The Morgan fingerprint density at radius 1 is 0.818 bits per heavy atom. The number of carboxylic acid groups (broad SMARTS) is 1. The van der Waals surface area contributed by atoms with Crippen LogP contribution in [0.3, 0.4) is 0 Å². The predicted octanol–water partition coefficient (Wildman–Crippen LogP) is 4.40. The molecule has 0 aromatic carbocycles. The van der Waals surface area contributed by atoms with E-state index in [0.717, 1.165) is 25.7 Å². The minimum atomic E-state index is -2.56. The number of hydrogen-bond donors (Lipinski definition) is 3. The van der Waals surface area contributed by atoms with Crippen LogP contribution in [0.25, 0.3) is 0 Å². The Bertz CT molecular complexity index is 297. The van der Waals surface area contributed by atoms with Gasteiger partial charge in [0.2, 0.25) is 0 Å². The molecule has 22 heavy (non-hydrogen) atoms. The standard InChI is InChI=1S/C18H34O4/c1-2-3-4-5-6-7-8-9-10-11-12-13-14-15-16-18(21,22)17(19)20/h10-11,21-22H,2-9,12-16H2,1H3,(H,19,20)/b11-10+. The third-order valence-corrected chi connectivity index (χ3v) is 3.88. The third kappa shape index (κ3) is 12.8. The fourth-order valence-corrected chi connectivity index (χ4v) is 2.37. The van der Waals surface area contributed by atoms with Crippen molar-refractivity contribution in [1.82, 2.24) is 0 Å². The van der Waals surface area contributed by atoms with E-state index in [2.05, 4.69) is 19.1 Å². The highest BCUT2D eigenvalue weighted by atomic mass is 16.5. The maximum atomic E-state index is 10.5. The molecule has 130 valence electrons. The van der Waals surface area contributed by atoms with E-state index in [9.17, 15) is 4.79 Å². The number of carboxylic acids is 1. The van der Waals surface area contributed by atoms with Gasteiger partial charge in [0.1, 0.15) is 0 Å². The summed E-state index contributed by atoms with van der Waals surface area (Å²) in [6.45, 7) is 2.24. The van der Waals surface area contributed by atoms with Crippen molar-refractivity contribution in [2.24, 2.45) is 0 Å². The Balaban J connectivity index is 3.30. The molecule has 0 atom stereocenters. The van der Waals surface area contributed by atoms with E-state index in [-0.39, 0.29) is 6.42 Å². The molecule has 0 aliphatic rings. The molecule has 0 bridgehead atoms. The summed E-state index contributed by atoms with van der Waals surface area (Å²) >= 11 is 0. The van der Waals surface area contributed by atoms with Crippen molar-refractivity contribution < 1.29 is 20.1 Å². The zero-order chi connectivity index (χ0) is 16.7. The molecule has 0 saturated carbocycles. The SMILES string of the molecule is CCCCCCCCC/C=C/CCCCCC(O)(O)C(=O)O. The second-order valence-electron chi connectivity index (χ2n) is 6.10. The van der Waals surface area contributed by atoms with Gasteiger partial charge in [-0.15, -0.1) is 0 Å². The summed E-state index contributed by atoms with van der Waals surface area (Å²) < 4.78 is 0. The summed E-state index contributed by atoms with van der Waals surface area (Å²) in [5, 5.41) is 26.8. The number of allylic oxidation sites excluding steroid dienone is 2. The molecule has 0 heterocycles. The van der Waals surface area contributed by atoms with E-state index in [1.807, 2.05) is 0 Å². The monoisotopic (exact) mass is 314 g/mol. The molecule has 0 rings (SSSR count). The van der Waals surface area contributed by atoms with E-state index in [1.165, 1.54) is 44.9 Å². The molecule has 0 amide bonds. The Hall–Kier alpha value is -0.870. The average Bonchev–Trinajstić information content (AvgIpc) is 2.47. The van der Waals surface area contributed by atoms with E-state index in [1.54, 1.807) is 0 Å². The van der Waals surface area contributed by atoms with E-state index in [0.29, 0.717) is 6.42 Å². The third-order valence-electron chi connectivity index (χ3n) is 3.88. The average molecular weight is 314 g/mol. The van der Waals surface area contributed by atoms with Gasteiger partial charge in [-0.2, -0.15) is 0 Å². The molecule has 4 nitrogen and oxygen atoms in total. The molecule has 4 heteroatoms. The fraction of sp³-hybridized carbons (Fsp3) is 0.833. The van der Waals surface area contributed by atoms with Crippen molar-refractivity contribution in [3.8, 4) is 0 Å². The van der Waals surface area contributed by atoms with Crippen LogP contribution in [-0.2, 0) is 4.79 Å². The molecule has 0 aromatic rings. The van der Waals surface area contributed by atoms with E-state index >= 15 is 0 Å². The largest absolute Gasteiger partial charge is 0.477 e. The normalized spacial score (nSPS) is 12.1. The lowest BCUT2D eigenvalue weighted by atomic mass is 10.1. The summed E-state index contributed by atoms with van der Waals surface area (Å²) in [6, 6.07) is 0. The van der Waals surface area contributed by atoms with Crippen molar-refractivity contribution >= 4 is 5.97 Å². The minimum absolute atomic E-state index is 0.107. The Labute approximate surface area is 135 Å². The van der Waals surface area contributed by atoms with Crippen LogP contribution in [0.1, 0.15) is 90.4 Å². The minimum Gasteiger partial charge on any atom is -0.477 e. The zero-order valence-corrected chi connectivity index (χ0v) is 14.1. The lowest BCUT2D eigenvalue weighted by molar-refractivity contribution is -0.205. The number of rotatable bonds is 15. The number of unbranched alkanes of at least 4 members (excludes halogenated alkanes) is 10. The highest BCUT2D eigenvalue weighted by Crippen LogP contribution is 2.13.